The van der Waals surface area contributed by atoms with Gasteiger partial charge in [0.1, 0.15) is 0 Å². The lowest BCUT2D eigenvalue weighted by Crippen LogP contribution is -2.26. The van der Waals surface area contributed by atoms with Crippen molar-refractivity contribution in [1.29, 1.82) is 0 Å². The zero-order valence-corrected chi connectivity index (χ0v) is 6.29. The van der Waals surface area contributed by atoms with Crippen LogP contribution in [0.3, 0.4) is 0 Å². The number of hydrogen-bond donors (Lipinski definition) is 1. The van der Waals surface area contributed by atoms with Crippen molar-refractivity contribution in [2.75, 3.05) is 0 Å². The highest BCUT2D eigenvalue weighted by atomic mass is 16.5. The number of ether oxygens (including phenoxy) is 1. The molecule has 2 fully saturated rings. The zero-order valence-electron chi connectivity index (χ0n) is 6.29. The molecule has 0 aliphatic carbocycles. The molecule has 0 saturated carbocycles. The Bertz CT molecular complexity index is 133. The summed E-state index contributed by atoms with van der Waals surface area (Å²) in [7, 11) is 0. The maximum atomic E-state index is 9.29. The van der Waals surface area contributed by atoms with Crippen LogP contribution in [0.15, 0.2) is 0 Å². The van der Waals surface area contributed by atoms with Crippen LogP contribution in [0.25, 0.3) is 0 Å². The number of aliphatic hydroxyl groups excluding tert-OH is 1. The summed E-state index contributed by atoms with van der Waals surface area (Å²) in [6.07, 6.45) is 4.15. The summed E-state index contributed by atoms with van der Waals surface area (Å²) < 4.78 is 5.59. The Kier molecular flexibility index (Phi) is 1.46. The first-order valence-corrected chi connectivity index (χ1v) is 4.11. The smallest absolute Gasteiger partial charge is 0.0633 e. The SMILES string of the molecule is CC(O)C1CC2CCC1O2. The summed E-state index contributed by atoms with van der Waals surface area (Å²) in [5, 5.41) is 9.29. The van der Waals surface area contributed by atoms with Crippen LogP contribution in [0.5, 0.6) is 0 Å². The Morgan fingerprint density at radius 1 is 1.50 bits per heavy atom. The molecule has 0 aromatic rings. The van der Waals surface area contributed by atoms with Gasteiger partial charge in [-0.2, -0.15) is 0 Å². The molecule has 2 heteroatoms. The maximum absolute atomic E-state index is 9.29. The van der Waals surface area contributed by atoms with Crippen molar-refractivity contribution < 1.29 is 9.84 Å². The van der Waals surface area contributed by atoms with Gasteiger partial charge in [-0.3, -0.25) is 0 Å². The van der Waals surface area contributed by atoms with Crippen LogP contribution >= 0.6 is 0 Å². The largest absolute Gasteiger partial charge is 0.393 e. The number of aliphatic hydroxyl groups is 1. The minimum absolute atomic E-state index is 0.171. The summed E-state index contributed by atoms with van der Waals surface area (Å²) in [5.41, 5.74) is 0. The van der Waals surface area contributed by atoms with Crippen LogP contribution in [0, 0.1) is 5.92 Å². The second kappa shape index (κ2) is 2.21. The molecule has 2 nitrogen and oxygen atoms in total. The lowest BCUT2D eigenvalue weighted by Gasteiger charge is -2.20. The number of rotatable bonds is 1. The summed E-state index contributed by atoms with van der Waals surface area (Å²) >= 11 is 0. The minimum atomic E-state index is -0.171. The minimum Gasteiger partial charge on any atom is -0.393 e. The fourth-order valence-corrected chi connectivity index (χ4v) is 2.18. The van der Waals surface area contributed by atoms with Crippen molar-refractivity contribution in [2.24, 2.45) is 5.92 Å². The van der Waals surface area contributed by atoms with Crippen molar-refractivity contribution in [3.63, 3.8) is 0 Å². The van der Waals surface area contributed by atoms with Crippen LogP contribution in [0.4, 0.5) is 0 Å². The third-order valence-electron chi connectivity index (χ3n) is 2.77. The van der Waals surface area contributed by atoms with E-state index in [2.05, 4.69) is 0 Å². The average Bonchev–Trinajstić information content (AvgIpc) is 2.44. The van der Waals surface area contributed by atoms with Gasteiger partial charge in [0.2, 0.25) is 0 Å². The van der Waals surface area contributed by atoms with Gasteiger partial charge in [0.15, 0.2) is 0 Å². The predicted molar refractivity (Wildman–Crippen MR) is 37.7 cm³/mol. The van der Waals surface area contributed by atoms with E-state index in [1.807, 2.05) is 6.92 Å². The molecule has 4 atom stereocenters. The molecule has 1 N–H and O–H groups in total. The van der Waals surface area contributed by atoms with E-state index in [4.69, 9.17) is 4.74 Å². The fraction of sp³-hybridized carbons (Fsp3) is 1.00. The first kappa shape index (κ1) is 6.62. The van der Waals surface area contributed by atoms with E-state index in [1.165, 1.54) is 12.8 Å². The van der Waals surface area contributed by atoms with E-state index in [9.17, 15) is 5.11 Å². The third kappa shape index (κ3) is 0.867. The van der Waals surface area contributed by atoms with E-state index in [0.717, 1.165) is 6.42 Å². The van der Waals surface area contributed by atoms with Gasteiger partial charge in [-0.1, -0.05) is 0 Å². The molecule has 58 valence electrons. The van der Waals surface area contributed by atoms with Gasteiger partial charge in [-0.15, -0.1) is 0 Å². The van der Waals surface area contributed by atoms with E-state index >= 15 is 0 Å². The van der Waals surface area contributed by atoms with Crippen molar-refractivity contribution in [1.82, 2.24) is 0 Å². The van der Waals surface area contributed by atoms with Crippen molar-refractivity contribution in [2.45, 2.75) is 44.5 Å². The standard InChI is InChI=1S/C8H14O2/c1-5(9)7-4-6-2-3-8(7)10-6/h5-9H,2-4H2,1H3. The molecule has 2 aliphatic heterocycles. The van der Waals surface area contributed by atoms with E-state index in [1.54, 1.807) is 0 Å². The number of hydrogen-bond acceptors (Lipinski definition) is 2. The first-order chi connectivity index (χ1) is 4.77. The lowest BCUT2D eigenvalue weighted by molar-refractivity contribution is 0.0512. The summed E-state index contributed by atoms with van der Waals surface area (Å²) in [6, 6.07) is 0. The molecule has 2 rings (SSSR count). The molecule has 2 heterocycles. The monoisotopic (exact) mass is 142 g/mol. The Labute approximate surface area is 61.2 Å². The molecular formula is C8H14O2. The topological polar surface area (TPSA) is 29.5 Å². The highest BCUT2D eigenvalue weighted by molar-refractivity contribution is 4.91. The molecule has 2 bridgehead atoms. The van der Waals surface area contributed by atoms with Gasteiger partial charge in [-0.25, -0.2) is 0 Å². The Hall–Kier alpha value is -0.0800. The van der Waals surface area contributed by atoms with Gasteiger partial charge in [0, 0.05) is 5.92 Å². The highest BCUT2D eigenvalue weighted by Crippen LogP contribution is 2.40. The molecule has 4 unspecified atom stereocenters. The van der Waals surface area contributed by atoms with Crippen LogP contribution in [0.2, 0.25) is 0 Å². The molecule has 0 aromatic heterocycles. The average molecular weight is 142 g/mol. The van der Waals surface area contributed by atoms with E-state index in [0.29, 0.717) is 18.1 Å². The zero-order chi connectivity index (χ0) is 7.14. The molecule has 0 radical (unpaired) electrons. The van der Waals surface area contributed by atoms with Gasteiger partial charge in [0.05, 0.1) is 18.3 Å². The van der Waals surface area contributed by atoms with Crippen LogP contribution < -0.4 is 0 Å². The molecule has 10 heavy (non-hydrogen) atoms. The molecule has 2 saturated heterocycles. The Morgan fingerprint density at radius 2 is 2.30 bits per heavy atom. The van der Waals surface area contributed by atoms with Gasteiger partial charge < -0.3 is 9.84 Å². The first-order valence-electron chi connectivity index (χ1n) is 4.11. The normalized spacial score (nSPS) is 48.0. The van der Waals surface area contributed by atoms with Crippen molar-refractivity contribution in [3.05, 3.63) is 0 Å². The molecule has 0 spiro atoms. The van der Waals surface area contributed by atoms with Crippen LogP contribution in [0.1, 0.15) is 26.2 Å². The van der Waals surface area contributed by atoms with Crippen molar-refractivity contribution >= 4 is 0 Å². The maximum Gasteiger partial charge on any atom is 0.0633 e. The van der Waals surface area contributed by atoms with Gasteiger partial charge >= 0.3 is 0 Å². The molecule has 0 aromatic carbocycles. The van der Waals surface area contributed by atoms with E-state index in [-0.39, 0.29) is 6.10 Å². The fourth-order valence-electron chi connectivity index (χ4n) is 2.18. The molecular weight excluding hydrogens is 128 g/mol. The van der Waals surface area contributed by atoms with Gasteiger partial charge in [0.25, 0.3) is 0 Å². The van der Waals surface area contributed by atoms with Crippen LogP contribution in [-0.4, -0.2) is 23.4 Å². The molecule has 2 aliphatic rings. The second-order valence-electron chi connectivity index (χ2n) is 3.51. The van der Waals surface area contributed by atoms with Crippen molar-refractivity contribution in [3.8, 4) is 0 Å². The lowest BCUT2D eigenvalue weighted by atomic mass is 9.86. The second-order valence-corrected chi connectivity index (χ2v) is 3.51. The summed E-state index contributed by atoms with van der Waals surface area (Å²) in [5.74, 6) is 0.429. The summed E-state index contributed by atoms with van der Waals surface area (Å²) in [4.78, 5) is 0. The Balaban J connectivity index is 2.02. The highest BCUT2D eigenvalue weighted by Gasteiger charge is 2.42. The molecule has 0 amide bonds. The van der Waals surface area contributed by atoms with Gasteiger partial charge in [-0.05, 0) is 26.2 Å². The predicted octanol–water partition coefficient (Wildman–Crippen LogP) is 0.935. The van der Waals surface area contributed by atoms with Crippen LogP contribution in [-0.2, 0) is 4.74 Å². The van der Waals surface area contributed by atoms with E-state index < -0.39 is 0 Å². The third-order valence-corrected chi connectivity index (χ3v) is 2.77. The Morgan fingerprint density at radius 3 is 2.60 bits per heavy atom. The number of fused-ring (bicyclic) bond motifs is 2. The summed E-state index contributed by atoms with van der Waals surface area (Å²) in [6.45, 7) is 1.87. The quantitative estimate of drug-likeness (QED) is 0.590.